The SMILES string of the molecule is Cn1c(=NC(=O)CCNS(=O)(=O)c2ccccc2)sc2ccccc21. The van der Waals surface area contributed by atoms with Crippen molar-refractivity contribution in [3.63, 3.8) is 0 Å². The van der Waals surface area contributed by atoms with E-state index < -0.39 is 10.0 Å². The number of benzene rings is 2. The summed E-state index contributed by atoms with van der Waals surface area (Å²) in [6.45, 7) is 0.00811. The molecule has 25 heavy (non-hydrogen) atoms. The molecular formula is C17H17N3O3S2. The third-order valence-corrected chi connectivity index (χ3v) is 6.21. The Labute approximate surface area is 149 Å². The smallest absolute Gasteiger partial charge is 0.249 e. The summed E-state index contributed by atoms with van der Waals surface area (Å²) in [5.41, 5.74) is 1.00. The fourth-order valence-corrected chi connectivity index (χ4v) is 4.41. The molecule has 6 nitrogen and oxygen atoms in total. The van der Waals surface area contributed by atoms with Gasteiger partial charge in [-0.25, -0.2) is 13.1 Å². The van der Waals surface area contributed by atoms with Crippen LogP contribution >= 0.6 is 11.3 Å². The van der Waals surface area contributed by atoms with Gasteiger partial charge in [0.15, 0.2) is 4.80 Å². The molecule has 2 aromatic carbocycles. The zero-order valence-corrected chi connectivity index (χ0v) is 15.2. The van der Waals surface area contributed by atoms with Crippen molar-refractivity contribution in [1.29, 1.82) is 0 Å². The largest absolute Gasteiger partial charge is 0.319 e. The molecule has 0 fully saturated rings. The van der Waals surface area contributed by atoms with Gasteiger partial charge in [0.1, 0.15) is 0 Å². The highest BCUT2D eigenvalue weighted by Crippen LogP contribution is 2.15. The lowest BCUT2D eigenvalue weighted by molar-refractivity contribution is -0.117. The van der Waals surface area contributed by atoms with Gasteiger partial charge in [-0.2, -0.15) is 4.99 Å². The Hall–Kier alpha value is -2.29. The highest BCUT2D eigenvalue weighted by molar-refractivity contribution is 7.89. The van der Waals surface area contributed by atoms with Crippen LogP contribution in [-0.2, 0) is 21.9 Å². The van der Waals surface area contributed by atoms with Crippen molar-refractivity contribution >= 4 is 37.5 Å². The van der Waals surface area contributed by atoms with E-state index in [9.17, 15) is 13.2 Å². The zero-order valence-electron chi connectivity index (χ0n) is 13.5. The first-order valence-electron chi connectivity index (χ1n) is 7.64. The van der Waals surface area contributed by atoms with Gasteiger partial charge in [0.05, 0.1) is 15.1 Å². The van der Waals surface area contributed by atoms with Crippen molar-refractivity contribution in [3.05, 3.63) is 59.4 Å². The number of hydrogen-bond acceptors (Lipinski definition) is 4. The molecule has 1 N–H and O–H groups in total. The van der Waals surface area contributed by atoms with Gasteiger partial charge in [0.2, 0.25) is 15.9 Å². The van der Waals surface area contributed by atoms with E-state index in [1.165, 1.54) is 23.5 Å². The minimum absolute atomic E-state index is 0.000306. The van der Waals surface area contributed by atoms with E-state index >= 15 is 0 Å². The third-order valence-electron chi connectivity index (χ3n) is 3.62. The summed E-state index contributed by atoms with van der Waals surface area (Å²) in [6.07, 6.45) is 0.000306. The van der Waals surface area contributed by atoms with E-state index in [1.807, 2.05) is 35.9 Å². The van der Waals surface area contributed by atoms with Crippen molar-refractivity contribution in [2.45, 2.75) is 11.3 Å². The number of amides is 1. The Morgan fingerprint density at radius 1 is 1.12 bits per heavy atom. The Balaban J connectivity index is 1.68. The fourth-order valence-electron chi connectivity index (χ4n) is 2.33. The monoisotopic (exact) mass is 375 g/mol. The molecule has 1 amide bonds. The number of nitrogens with zero attached hydrogens (tertiary/aromatic N) is 2. The summed E-state index contributed by atoms with van der Waals surface area (Å²) < 4.78 is 29.5. The summed E-state index contributed by atoms with van der Waals surface area (Å²) >= 11 is 1.42. The number of aromatic nitrogens is 1. The molecule has 0 spiro atoms. The topological polar surface area (TPSA) is 80.5 Å². The minimum atomic E-state index is -3.60. The number of hydrogen-bond donors (Lipinski definition) is 1. The van der Waals surface area contributed by atoms with Crippen LogP contribution in [-0.4, -0.2) is 25.4 Å². The number of carbonyl (C=O) groups is 1. The number of fused-ring (bicyclic) bond motifs is 1. The van der Waals surface area contributed by atoms with Gasteiger partial charge in [-0.05, 0) is 24.3 Å². The molecule has 0 saturated carbocycles. The van der Waals surface area contributed by atoms with E-state index in [4.69, 9.17) is 0 Å². The van der Waals surface area contributed by atoms with Crippen LogP contribution < -0.4 is 9.52 Å². The number of para-hydroxylation sites is 1. The molecular weight excluding hydrogens is 358 g/mol. The van der Waals surface area contributed by atoms with Crippen LogP contribution in [0.2, 0.25) is 0 Å². The Kier molecular flexibility index (Phi) is 5.12. The van der Waals surface area contributed by atoms with Crippen molar-refractivity contribution in [2.24, 2.45) is 12.0 Å². The number of carbonyl (C=O) groups excluding carboxylic acids is 1. The summed E-state index contributed by atoms with van der Waals surface area (Å²) in [7, 11) is -1.75. The van der Waals surface area contributed by atoms with E-state index in [0.29, 0.717) is 4.80 Å². The Morgan fingerprint density at radius 3 is 2.52 bits per heavy atom. The van der Waals surface area contributed by atoms with Gasteiger partial charge in [0, 0.05) is 20.0 Å². The molecule has 0 atom stereocenters. The number of sulfonamides is 1. The highest BCUT2D eigenvalue weighted by atomic mass is 32.2. The van der Waals surface area contributed by atoms with Gasteiger partial charge in [-0.1, -0.05) is 41.7 Å². The lowest BCUT2D eigenvalue weighted by Crippen LogP contribution is -2.26. The molecule has 1 aromatic heterocycles. The number of rotatable bonds is 5. The van der Waals surface area contributed by atoms with Gasteiger partial charge < -0.3 is 4.57 Å². The van der Waals surface area contributed by atoms with Crippen LogP contribution in [0.4, 0.5) is 0 Å². The molecule has 0 aliphatic rings. The summed E-state index contributed by atoms with van der Waals surface area (Å²) in [5.74, 6) is -0.363. The molecule has 8 heteroatoms. The molecule has 0 bridgehead atoms. The second kappa shape index (κ2) is 7.30. The average molecular weight is 375 g/mol. The number of thiazole rings is 1. The van der Waals surface area contributed by atoms with Crippen LogP contribution in [0.25, 0.3) is 10.2 Å². The maximum atomic E-state index is 12.1. The Bertz CT molecular complexity index is 1070. The number of aryl methyl sites for hydroxylation is 1. The van der Waals surface area contributed by atoms with Crippen LogP contribution in [0.5, 0.6) is 0 Å². The van der Waals surface area contributed by atoms with E-state index in [2.05, 4.69) is 9.71 Å². The maximum absolute atomic E-state index is 12.1. The lowest BCUT2D eigenvalue weighted by Gasteiger charge is -2.04. The van der Waals surface area contributed by atoms with E-state index in [-0.39, 0.29) is 23.8 Å². The minimum Gasteiger partial charge on any atom is -0.319 e. The van der Waals surface area contributed by atoms with Gasteiger partial charge >= 0.3 is 0 Å². The Morgan fingerprint density at radius 2 is 1.80 bits per heavy atom. The van der Waals surface area contributed by atoms with Gasteiger partial charge in [0.25, 0.3) is 0 Å². The third kappa shape index (κ3) is 4.04. The standard InChI is InChI=1S/C17H17N3O3S2/c1-20-14-9-5-6-10-15(14)24-17(20)19-16(21)11-12-18-25(22,23)13-7-3-2-4-8-13/h2-10,18H,11-12H2,1H3. The fraction of sp³-hybridized carbons (Fsp3) is 0.176. The second-order valence-electron chi connectivity index (χ2n) is 5.38. The predicted octanol–water partition coefficient (Wildman–Crippen LogP) is 2.04. The molecule has 0 saturated heterocycles. The molecule has 3 rings (SSSR count). The van der Waals surface area contributed by atoms with Gasteiger partial charge in [-0.3, -0.25) is 4.79 Å². The van der Waals surface area contributed by atoms with Crippen molar-refractivity contribution in [2.75, 3.05) is 6.54 Å². The summed E-state index contributed by atoms with van der Waals surface area (Å²) in [4.78, 5) is 16.9. The highest BCUT2D eigenvalue weighted by Gasteiger charge is 2.13. The van der Waals surface area contributed by atoms with Crippen LogP contribution in [0.15, 0.2) is 64.5 Å². The predicted molar refractivity (Wildman–Crippen MR) is 97.6 cm³/mol. The summed E-state index contributed by atoms with van der Waals surface area (Å²) in [5, 5.41) is 0. The zero-order chi connectivity index (χ0) is 17.9. The first-order chi connectivity index (χ1) is 12.0. The molecule has 3 aromatic rings. The van der Waals surface area contributed by atoms with Crippen molar-refractivity contribution in [3.8, 4) is 0 Å². The number of nitrogens with one attached hydrogen (secondary N) is 1. The quantitative estimate of drug-likeness (QED) is 0.741. The molecule has 0 radical (unpaired) electrons. The molecule has 1 heterocycles. The maximum Gasteiger partial charge on any atom is 0.249 e. The van der Waals surface area contributed by atoms with Crippen LogP contribution in [0.1, 0.15) is 6.42 Å². The van der Waals surface area contributed by atoms with Gasteiger partial charge in [-0.15, -0.1) is 0 Å². The normalized spacial score (nSPS) is 12.6. The van der Waals surface area contributed by atoms with Crippen LogP contribution in [0.3, 0.4) is 0 Å². The summed E-state index contributed by atoms with van der Waals surface area (Å²) in [6, 6.07) is 15.8. The first kappa shape index (κ1) is 17.5. The second-order valence-corrected chi connectivity index (χ2v) is 8.15. The van der Waals surface area contributed by atoms with Crippen molar-refractivity contribution < 1.29 is 13.2 Å². The average Bonchev–Trinajstić information content (AvgIpc) is 2.92. The molecule has 0 aliphatic carbocycles. The van der Waals surface area contributed by atoms with E-state index in [0.717, 1.165) is 10.2 Å². The van der Waals surface area contributed by atoms with E-state index in [1.54, 1.807) is 18.2 Å². The molecule has 0 unspecified atom stereocenters. The molecule has 130 valence electrons. The first-order valence-corrected chi connectivity index (χ1v) is 9.94. The van der Waals surface area contributed by atoms with Crippen molar-refractivity contribution in [1.82, 2.24) is 9.29 Å². The van der Waals surface area contributed by atoms with Crippen LogP contribution in [0, 0.1) is 0 Å². The molecule has 0 aliphatic heterocycles. The lowest BCUT2D eigenvalue weighted by atomic mass is 10.3.